The van der Waals surface area contributed by atoms with Crippen LogP contribution in [0.25, 0.3) is 0 Å². The number of nitrogens with zero attached hydrogens (tertiary/aromatic N) is 1. The average Bonchev–Trinajstić information content (AvgIpc) is 3.37. The molecule has 2 N–H and O–H groups in total. The summed E-state index contributed by atoms with van der Waals surface area (Å²) in [5.74, 6) is -0.500. The van der Waals surface area contributed by atoms with Gasteiger partial charge in [-0.2, -0.15) is 0 Å². The number of ether oxygens (including phenoxy) is 1. The van der Waals surface area contributed by atoms with E-state index >= 15 is 0 Å². The first-order valence-electron chi connectivity index (χ1n) is 32.7. The summed E-state index contributed by atoms with van der Waals surface area (Å²) in [4.78, 5) is 37.7. The second-order valence-electron chi connectivity index (χ2n) is 23.6. The molecule has 10 heteroatoms. The van der Waals surface area contributed by atoms with E-state index in [1.165, 1.54) is 212 Å². The molecule has 0 spiro atoms. The minimum absolute atomic E-state index is 0.0425. The van der Waals surface area contributed by atoms with Gasteiger partial charge in [-0.25, -0.2) is 4.57 Å². The monoisotopic (exact) mass is 1080 g/mol. The number of rotatable bonds is 60. The smallest absolute Gasteiger partial charge is 0.456 e. The Balaban J connectivity index is 5.01. The minimum atomic E-state index is -4.44. The van der Waals surface area contributed by atoms with Crippen molar-refractivity contribution >= 4 is 19.7 Å². The van der Waals surface area contributed by atoms with E-state index in [0.717, 1.165) is 83.5 Å². The van der Waals surface area contributed by atoms with E-state index in [9.17, 15) is 19.0 Å². The van der Waals surface area contributed by atoms with Crippen molar-refractivity contribution in [2.45, 2.75) is 341 Å². The molecule has 0 heterocycles. The van der Waals surface area contributed by atoms with Crippen molar-refractivity contribution in [1.29, 1.82) is 0 Å². The zero-order chi connectivity index (χ0) is 55.0. The molecule has 0 aromatic heterocycles. The van der Waals surface area contributed by atoms with E-state index < -0.39 is 20.0 Å². The first-order valence-corrected chi connectivity index (χ1v) is 34.2. The average molecular weight is 1080 g/mol. The maximum absolute atomic E-state index is 13.6. The van der Waals surface area contributed by atoms with Crippen molar-refractivity contribution in [2.75, 3.05) is 40.9 Å². The minimum Gasteiger partial charge on any atom is -0.456 e. The number of carbonyl (C=O) groups excluding carboxylic acids is 2. The van der Waals surface area contributed by atoms with E-state index in [4.69, 9.17) is 13.8 Å². The van der Waals surface area contributed by atoms with Gasteiger partial charge in [-0.05, 0) is 51.0 Å². The molecule has 0 aromatic rings. The molecule has 0 fully saturated rings. The lowest BCUT2D eigenvalue weighted by atomic mass is 10.0. The SMILES string of the molecule is CCCC/C=C\CCCCCCCC(=O)OC(/C=C/CCCCCCCCCCCCC)C(COP(=O)(O)OCC[N+](C)(C)C)NC(=O)CCCCCCCCCCCCCCCCCCCCCCCCCCC. The number of hydrogen-bond acceptors (Lipinski definition) is 6. The van der Waals surface area contributed by atoms with Gasteiger partial charge < -0.3 is 19.4 Å². The third-order valence-electron chi connectivity index (χ3n) is 14.9. The summed E-state index contributed by atoms with van der Waals surface area (Å²) in [7, 11) is 1.51. The van der Waals surface area contributed by atoms with Gasteiger partial charge in [-0.1, -0.05) is 289 Å². The van der Waals surface area contributed by atoms with E-state index in [-0.39, 0.29) is 31.5 Å². The molecule has 0 aliphatic carbocycles. The molecule has 1 amide bonds. The topological polar surface area (TPSA) is 111 Å². The van der Waals surface area contributed by atoms with Gasteiger partial charge in [0.25, 0.3) is 0 Å². The lowest BCUT2D eigenvalue weighted by molar-refractivity contribution is -0.870. The second kappa shape index (κ2) is 55.8. The highest BCUT2D eigenvalue weighted by Crippen LogP contribution is 2.43. The van der Waals surface area contributed by atoms with Crippen molar-refractivity contribution in [2.24, 2.45) is 0 Å². The summed E-state index contributed by atoms with van der Waals surface area (Å²) in [6.45, 7) is 7.02. The summed E-state index contributed by atoms with van der Waals surface area (Å²) in [6, 6.07) is -0.845. The molecule has 0 saturated carbocycles. The summed E-state index contributed by atoms with van der Waals surface area (Å²) >= 11 is 0. The molecule has 0 aromatic carbocycles. The molecule has 9 nitrogen and oxygen atoms in total. The number of likely N-dealkylation sites (N-methyl/N-ethyl adjacent to an activating group) is 1. The maximum atomic E-state index is 13.6. The van der Waals surface area contributed by atoms with Crippen LogP contribution < -0.4 is 5.32 Å². The number of carbonyl (C=O) groups is 2. The van der Waals surface area contributed by atoms with Crippen LogP contribution in [0.2, 0.25) is 0 Å². The molecule has 3 atom stereocenters. The van der Waals surface area contributed by atoms with Crippen LogP contribution >= 0.6 is 7.82 Å². The van der Waals surface area contributed by atoms with E-state index in [2.05, 4.69) is 38.2 Å². The number of esters is 1. The zero-order valence-electron chi connectivity index (χ0n) is 50.8. The van der Waals surface area contributed by atoms with Crippen molar-refractivity contribution in [3.63, 3.8) is 0 Å². The number of hydrogen-bond donors (Lipinski definition) is 2. The van der Waals surface area contributed by atoms with Gasteiger partial charge in [0.1, 0.15) is 19.3 Å². The number of amides is 1. The number of quaternary nitrogens is 1. The van der Waals surface area contributed by atoms with Crippen LogP contribution in [-0.2, 0) is 27.9 Å². The Labute approximate surface area is 466 Å². The van der Waals surface area contributed by atoms with Crippen LogP contribution in [0.4, 0.5) is 0 Å². The molecule has 3 unspecified atom stereocenters. The molecule has 0 aliphatic rings. The number of unbranched alkanes of at least 4 members (excludes halogenated alkanes) is 42. The van der Waals surface area contributed by atoms with Crippen molar-refractivity contribution in [3.05, 3.63) is 24.3 Å². The zero-order valence-corrected chi connectivity index (χ0v) is 51.7. The van der Waals surface area contributed by atoms with Gasteiger partial charge in [0.2, 0.25) is 5.91 Å². The lowest BCUT2D eigenvalue weighted by Crippen LogP contribution is -2.47. The summed E-state index contributed by atoms with van der Waals surface area (Å²) in [6.07, 6.45) is 66.2. The van der Waals surface area contributed by atoms with Gasteiger partial charge in [-0.3, -0.25) is 18.6 Å². The molecular weight excluding hydrogens is 952 g/mol. The molecule has 0 rings (SSSR count). The quantitative estimate of drug-likeness (QED) is 0.0205. The van der Waals surface area contributed by atoms with Crippen LogP contribution in [0.3, 0.4) is 0 Å². The van der Waals surface area contributed by atoms with E-state index in [1.54, 1.807) is 0 Å². The molecule has 444 valence electrons. The number of allylic oxidation sites excluding steroid dienone is 3. The Hall–Kier alpha value is -1.51. The molecule has 0 radical (unpaired) electrons. The molecular formula is C65H128N2O7P+. The van der Waals surface area contributed by atoms with E-state index in [0.29, 0.717) is 17.4 Å². The van der Waals surface area contributed by atoms with Crippen LogP contribution in [-0.4, -0.2) is 74.3 Å². The van der Waals surface area contributed by atoms with Crippen LogP contribution in [0.15, 0.2) is 24.3 Å². The predicted octanol–water partition coefficient (Wildman–Crippen LogP) is 20.1. The second-order valence-corrected chi connectivity index (χ2v) is 25.1. The van der Waals surface area contributed by atoms with Crippen LogP contribution in [0.5, 0.6) is 0 Å². The highest BCUT2D eigenvalue weighted by Gasteiger charge is 2.30. The first-order chi connectivity index (χ1) is 36.4. The third-order valence-corrected chi connectivity index (χ3v) is 15.9. The summed E-state index contributed by atoms with van der Waals surface area (Å²) in [5, 5.41) is 3.06. The lowest BCUT2D eigenvalue weighted by Gasteiger charge is -2.27. The molecule has 0 bridgehead atoms. The molecule has 0 saturated heterocycles. The van der Waals surface area contributed by atoms with E-state index in [1.807, 2.05) is 33.3 Å². The van der Waals surface area contributed by atoms with Crippen LogP contribution in [0.1, 0.15) is 329 Å². The van der Waals surface area contributed by atoms with Gasteiger partial charge in [0, 0.05) is 12.8 Å². The normalized spacial score (nSPS) is 13.7. The number of nitrogens with one attached hydrogen (secondary N) is 1. The number of phosphoric ester groups is 1. The fraction of sp³-hybridized carbons (Fsp3) is 0.908. The van der Waals surface area contributed by atoms with Crippen LogP contribution in [0, 0.1) is 0 Å². The first kappa shape index (κ1) is 73.5. The third kappa shape index (κ3) is 57.0. The Morgan fingerprint density at radius 1 is 0.453 bits per heavy atom. The number of phosphoric acid groups is 1. The Morgan fingerprint density at radius 2 is 0.787 bits per heavy atom. The summed E-state index contributed by atoms with van der Waals surface area (Å²) < 4.78 is 30.7. The van der Waals surface area contributed by atoms with Gasteiger partial charge in [0.05, 0.1) is 33.8 Å². The Kier molecular flexibility index (Phi) is 54.7. The highest BCUT2D eigenvalue weighted by molar-refractivity contribution is 7.47. The Morgan fingerprint density at radius 3 is 1.17 bits per heavy atom. The van der Waals surface area contributed by atoms with Gasteiger partial charge in [-0.15, -0.1) is 0 Å². The standard InChI is InChI=1S/C65H127N2O7P/c1-7-10-13-16-19-22-25-27-28-29-30-31-32-33-34-35-36-37-38-40-43-45-48-51-54-57-64(68)66-62(61-73-75(70,71)72-60-59-67(4,5)6)63(56-53-50-47-44-42-39-26-23-20-17-14-11-8-2)74-65(69)58-55-52-49-46-41-24-21-18-15-12-9-3/h18,21,53,56,62-63H,7-17,19-20,22-52,54-55,57-61H2,1-6H3,(H-,66,68,70,71)/p+1/b21-18-,56-53+. The fourth-order valence-electron chi connectivity index (χ4n) is 9.81. The predicted molar refractivity (Wildman–Crippen MR) is 323 cm³/mol. The van der Waals surface area contributed by atoms with Gasteiger partial charge in [0.15, 0.2) is 0 Å². The fourth-order valence-corrected chi connectivity index (χ4v) is 10.5. The maximum Gasteiger partial charge on any atom is 0.472 e. The van der Waals surface area contributed by atoms with Crippen molar-refractivity contribution in [3.8, 4) is 0 Å². The Bertz CT molecular complexity index is 1340. The molecule has 75 heavy (non-hydrogen) atoms. The summed E-state index contributed by atoms with van der Waals surface area (Å²) in [5.41, 5.74) is 0. The largest absolute Gasteiger partial charge is 0.472 e. The highest BCUT2D eigenvalue weighted by atomic mass is 31.2. The van der Waals surface area contributed by atoms with Crippen molar-refractivity contribution in [1.82, 2.24) is 5.32 Å². The van der Waals surface area contributed by atoms with Crippen molar-refractivity contribution < 1.29 is 37.3 Å². The van der Waals surface area contributed by atoms with Gasteiger partial charge >= 0.3 is 13.8 Å². The molecule has 0 aliphatic heterocycles.